The third kappa shape index (κ3) is 7.07. The molecule has 1 atom stereocenters. The monoisotopic (exact) mass is 532 g/mol. The van der Waals surface area contributed by atoms with E-state index < -0.39 is 0 Å². The van der Waals surface area contributed by atoms with Crippen LogP contribution < -0.4 is 9.64 Å². The predicted molar refractivity (Wildman–Crippen MR) is 165 cm³/mol. The van der Waals surface area contributed by atoms with Crippen LogP contribution in [0.2, 0.25) is 0 Å². The summed E-state index contributed by atoms with van der Waals surface area (Å²) < 4.78 is 9.43. The molecular formula is C33H44N2O2S. The van der Waals surface area contributed by atoms with Gasteiger partial charge in [0.2, 0.25) is 0 Å². The van der Waals surface area contributed by atoms with Gasteiger partial charge in [-0.1, -0.05) is 79.8 Å². The Kier molecular flexibility index (Phi) is 10.9. The fourth-order valence-corrected chi connectivity index (χ4v) is 7.13. The summed E-state index contributed by atoms with van der Waals surface area (Å²) in [4.78, 5) is 3.67. The molecule has 0 aliphatic carbocycles. The average molecular weight is 533 g/mol. The third-order valence-corrected chi connectivity index (χ3v) is 9.28. The first-order chi connectivity index (χ1) is 18.7. The van der Waals surface area contributed by atoms with Crippen LogP contribution in [0, 0.1) is 0 Å². The van der Waals surface area contributed by atoms with Crippen molar-refractivity contribution in [3.05, 3.63) is 72.3 Å². The molecule has 0 amide bonds. The summed E-state index contributed by atoms with van der Waals surface area (Å²) >= 11 is 0. The van der Waals surface area contributed by atoms with Gasteiger partial charge in [0.25, 0.3) is 0 Å². The van der Waals surface area contributed by atoms with Crippen molar-refractivity contribution in [2.45, 2.75) is 70.8 Å². The number of aliphatic hydroxyl groups excluding tert-OH is 1. The van der Waals surface area contributed by atoms with Crippen LogP contribution in [-0.4, -0.2) is 41.0 Å². The van der Waals surface area contributed by atoms with Gasteiger partial charge >= 0.3 is 0 Å². The molecule has 1 aliphatic heterocycles. The van der Waals surface area contributed by atoms with Gasteiger partial charge in [-0.05, 0) is 78.9 Å². The molecule has 1 fully saturated rings. The van der Waals surface area contributed by atoms with Crippen molar-refractivity contribution in [2.24, 2.45) is 0 Å². The first-order valence-electron chi connectivity index (χ1n) is 14.3. The van der Waals surface area contributed by atoms with E-state index in [1.54, 1.807) is 0 Å². The van der Waals surface area contributed by atoms with E-state index in [9.17, 15) is 5.11 Å². The molecular weight excluding hydrogens is 488 g/mol. The summed E-state index contributed by atoms with van der Waals surface area (Å²) in [6.45, 7) is 10.9. The Labute approximate surface area is 232 Å². The molecule has 1 saturated heterocycles. The number of aliphatic hydroxyl groups is 1. The molecule has 0 bridgehead atoms. The van der Waals surface area contributed by atoms with E-state index >= 15 is 0 Å². The molecule has 3 aromatic rings. The molecule has 3 aromatic carbocycles. The van der Waals surface area contributed by atoms with Gasteiger partial charge in [0.1, 0.15) is 5.75 Å². The molecule has 4 rings (SSSR count). The van der Waals surface area contributed by atoms with Crippen molar-refractivity contribution < 1.29 is 9.84 Å². The Morgan fingerprint density at radius 2 is 1.53 bits per heavy atom. The van der Waals surface area contributed by atoms with Gasteiger partial charge in [-0.15, -0.1) is 0 Å². The van der Waals surface area contributed by atoms with Crippen LogP contribution in [0.1, 0.15) is 64.9 Å². The molecule has 1 unspecified atom stereocenters. The van der Waals surface area contributed by atoms with Crippen LogP contribution in [-0.2, 0) is 6.61 Å². The molecule has 4 nitrogen and oxygen atoms in total. The SMILES string of the molecule is C/C=S(/c1cc(CO)cc(N(CCCC)CCCC)c1Oc1ccc(-c2ccccc2)cc1)N1CCCC1. The minimum absolute atomic E-state index is 0.0301. The van der Waals surface area contributed by atoms with Crippen molar-refractivity contribution in [3.8, 4) is 22.6 Å². The molecule has 1 aliphatic rings. The highest BCUT2D eigenvalue weighted by Crippen LogP contribution is 2.47. The zero-order chi connectivity index (χ0) is 26.7. The van der Waals surface area contributed by atoms with Crippen LogP contribution in [0.5, 0.6) is 11.5 Å². The Morgan fingerprint density at radius 3 is 2.11 bits per heavy atom. The molecule has 204 valence electrons. The molecule has 0 spiro atoms. The fourth-order valence-electron chi connectivity index (χ4n) is 5.04. The van der Waals surface area contributed by atoms with Crippen molar-refractivity contribution >= 4 is 21.7 Å². The first kappa shape index (κ1) is 28.4. The van der Waals surface area contributed by atoms with Crippen molar-refractivity contribution in [1.29, 1.82) is 0 Å². The maximum Gasteiger partial charge on any atom is 0.165 e. The van der Waals surface area contributed by atoms with Gasteiger partial charge in [-0.2, -0.15) is 0 Å². The standard InChI is InChI=1S/C33H44N2O2S/c1-4-7-20-34(21-8-5-2)31-24-27(26-36)25-32(38(6-3)35-22-12-13-23-35)33(31)37-30-18-16-29(17-19-30)28-14-10-9-11-15-28/h6,9-11,14-19,24-25,36H,4-5,7-8,12-13,20-23,26H2,1-3H3. The topological polar surface area (TPSA) is 35.9 Å². The number of hydrogen-bond donors (Lipinski definition) is 1. The summed E-state index contributed by atoms with van der Waals surface area (Å²) in [6.07, 6.45) is 7.03. The number of benzene rings is 3. The van der Waals surface area contributed by atoms with E-state index in [1.165, 1.54) is 28.9 Å². The minimum atomic E-state index is -0.194. The number of hydrogen-bond acceptors (Lipinski definition) is 4. The molecule has 1 heterocycles. The van der Waals surface area contributed by atoms with Crippen LogP contribution in [0.15, 0.2) is 71.6 Å². The molecule has 5 heteroatoms. The zero-order valence-corrected chi connectivity index (χ0v) is 24.2. The lowest BCUT2D eigenvalue weighted by Crippen LogP contribution is -2.26. The maximum absolute atomic E-state index is 10.3. The van der Waals surface area contributed by atoms with Crippen LogP contribution >= 0.6 is 10.7 Å². The molecule has 0 saturated carbocycles. The smallest absolute Gasteiger partial charge is 0.165 e. The van der Waals surface area contributed by atoms with Crippen molar-refractivity contribution in [2.75, 3.05) is 31.1 Å². The second-order valence-electron chi connectivity index (χ2n) is 9.97. The second-order valence-corrected chi connectivity index (χ2v) is 12.0. The quantitative estimate of drug-likeness (QED) is 0.224. The number of ether oxygens (including phenoxy) is 1. The Bertz CT molecular complexity index is 1160. The lowest BCUT2D eigenvalue weighted by Gasteiger charge is -2.31. The van der Waals surface area contributed by atoms with Gasteiger partial charge in [0, 0.05) is 26.2 Å². The summed E-state index contributed by atoms with van der Waals surface area (Å²) in [7, 11) is -0.194. The van der Waals surface area contributed by atoms with Crippen molar-refractivity contribution in [3.63, 3.8) is 0 Å². The van der Waals surface area contributed by atoms with Gasteiger partial charge < -0.3 is 14.7 Å². The van der Waals surface area contributed by atoms with E-state index in [1.807, 2.05) is 6.07 Å². The van der Waals surface area contributed by atoms with Crippen LogP contribution in [0.4, 0.5) is 5.69 Å². The number of rotatable bonds is 13. The second kappa shape index (κ2) is 14.5. The third-order valence-electron chi connectivity index (χ3n) is 7.15. The fraction of sp³-hybridized carbons (Fsp3) is 0.424. The summed E-state index contributed by atoms with van der Waals surface area (Å²) in [5.41, 5.74) is 4.45. The van der Waals surface area contributed by atoms with Crippen LogP contribution in [0.3, 0.4) is 0 Å². The highest BCUT2D eigenvalue weighted by molar-refractivity contribution is 8.13. The first-order valence-corrected chi connectivity index (χ1v) is 15.6. The van der Waals surface area contributed by atoms with E-state index in [2.05, 4.69) is 96.0 Å². The predicted octanol–water partition coefficient (Wildman–Crippen LogP) is 8.51. The lowest BCUT2D eigenvalue weighted by atomic mass is 10.1. The zero-order valence-electron chi connectivity index (χ0n) is 23.4. The van der Waals surface area contributed by atoms with Gasteiger partial charge in [-0.25, -0.2) is 0 Å². The highest BCUT2D eigenvalue weighted by Gasteiger charge is 2.24. The van der Waals surface area contributed by atoms with E-state index in [0.29, 0.717) is 0 Å². The number of unbranched alkanes of at least 4 members (excludes halogenated alkanes) is 2. The normalized spacial score (nSPS) is 14.6. The largest absolute Gasteiger partial charge is 0.454 e. The lowest BCUT2D eigenvalue weighted by molar-refractivity contribution is 0.281. The average Bonchev–Trinajstić information content (AvgIpc) is 3.50. The van der Waals surface area contributed by atoms with Gasteiger partial charge in [0.15, 0.2) is 5.75 Å². The van der Waals surface area contributed by atoms with Gasteiger partial charge in [-0.3, -0.25) is 4.31 Å². The Hall–Kier alpha value is -2.60. The van der Waals surface area contributed by atoms with Crippen molar-refractivity contribution in [1.82, 2.24) is 4.31 Å². The maximum atomic E-state index is 10.3. The minimum Gasteiger partial charge on any atom is -0.454 e. The molecule has 38 heavy (non-hydrogen) atoms. The van der Waals surface area contributed by atoms with Gasteiger partial charge in [0.05, 0.1) is 17.2 Å². The summed E-state index contributed by atoms with van der Waals surface area (Å²) in [5, 5.41) is 12.6. The molecule has 0 aromatic heterocycles. The molecule has 0 radical (unpaired) electrons. The van der Waals surface area contributed by atoms with E-state index in [4.69, 9.17) is 4.74 Å². The molecule has 1 N–H and O–H groups in total. The Balaban J connectivity index is 1.80. The number of anilines is 1. The summed E-state index contributed by atoms with van der Waals surface area (Å²) in [6, 6.07) is 23.3. The highest BCUT2D eigenvalue weighted by atomic mass is 32.2. The van der Waals surface area contributed by atoms with Crippen LogP contribution in [0.25, 0.3) is 11.1 Å². The van der Waals surface area contributed by atoms with E-state index in [-0.39, 0.29) is 17.3 Å². The summed E-state index contributed by atoms with van der Waals surface area (Å²) in [5.74, 6) is 1.78. The van der Waals surface area contributed by atoms with E-state index in [0.717, 1.165) is 74.6 Å². The Morgan fingerprint density at radius 1 is 0.895 bits per heavy atom. The number of nitrogens with zero attached hydrogens (tertiary/aromatic N) is 2.